The lowest BCUT2D eigenvalue weighted by molar-refractivity contribution is 0.429. The molecular formula is C11H23N8OP3. The first kappa shape index (κ1) is 14.6. The second-order valence-electron chi connectivity index (χ2n) is 6.81. The monoisotopic (exact) mass is 376 g/mol. The molecule has 0 aromatic rings. The van der Waals surface area contributed by atoms with Crippen molar-refractivity contribution in [1.29, 1.82) is 0 Å². The van der Waals surface area contributed by atoms with E-state index in [0.29, 0.717) is 0 Å². The molecule has 1 atom stereocenters. The summed E-state index contributed by atoms with van der Waals surface area (Å²) in [6.45, 7) is 11.3. The van der Waals surface area contributed by atoms with Gasteiger partial charge in [-0.05, 0) is 0 Å². The lowest BCUT2D eigenvalue weighted by atomic mass is 11.0. The Kier molecular flexibility index (Phi) is 2.91. The minimum absolute atomic E-state index is 1.08. The fourth-order valence-electron chi connectivity index (χ4n) is 3.20. The third kappa shape index (κ3) is 2.13. The highest BCUT2D eigenvalue weighted by atomic mass is 31.3. The van der Waals surface area contributed by atoms with Gasteiger partial charge >= 0.3 is 0 Å². The van der Waals surface area contributed by atoms with Crippen molar-refractivity contribution in [1.82, 2.24) is 23.4 Å². The van der Waals surface area contributed by atoms with Crippen molar-refractivity contribution in [2.45, 2.75) is 0 Å². The summed E-state index contributed by atoms with van der Waals surface area (Å²) in [4.78, 5) is 0. The second kappa shape index (κ2) is 4.59. The Morgan fingerprint density at radius 2 is 0.957 bits per heavy atom. The predicted molar refractivity (Wildman–Crippen MR) is 92.9 cm³/mol. The molecule has 0 aliphatic carbocycles. The molecule has 9 nitrogen and oxygen atoms in total. The maximum Gasteiger partial charge on any atom is 0.282 e. The van der Waals surface area contributed by atoms with Crippen LogP contribution in [0.15, 0.2) is 13.5 Å². The maximum absolute atomic E-state index is 6.12. The van der Waals surface area contributed by atoms with Crippen LogP contribution in [0, 0.1) is 0 Å². The molecule has 6 rings (SSSR count). The minimum Gasteiger partial charge on any atom is -0.319 e. The van der Waals surface area contributed by atoms with Gasteiger partial charge in [0.2, 0.25) is 15.0 Å². The van der Waals surface area contributed by atoms with Crippen LogP contribution in [0.5, 0.6) is 0 Å². The van der Waals surface area contributed by atoms with Gasteiger partial charge in [-0.15, -0.1) is 0 Å². The first-order valence-corrected chi connectivity index (χ1v) is 13.2. The molecule has 0 spiro atoms. The highest BCUT2D eigenvalue weighted by Crippen LogP contribution is 2.86. The number of nitrogens with zero attached hydrogens (tertiary/aromatic N) is 8. The second-order valence-corrected chi connectivity index (χ2v) is 15.3. The summed E-state index contributed by atoms with van der Waals surface area (Å²) < 4.78 is 34.9. The molecular weight excluding hydrogens is 353 g/mol. The van der Waals surface area contributed by atoms with E-state index < -0.39 is 22.6 Å². The molecule has 0 N–H and O–H groups in total. The lowest BCUT2D eigenvalue weighted by Crippen LogP contribution is -2.12. The zero-order valence-electron chi connectivity index (χ0n) is 13.4. The summed E-state index contributed by atoms with van der Waals surface area (Å²) in [6, 6.07) is 0. The smallest absolute Gasteiger partial charge is 0.282 e. The highest BCUT2D eigenvalue weighted by Gasteiger charge is 2.58. The van der Waals surface area contributed by atoms with E-state index in [9.17, 15) is 0 Å². The Bertz CT molecular complexity index is 672. The van der Waals surface area contributed by atoms with E-state index in [4.69, 9.17) is 18.1 Å². The topological polar surface area (TPSA) is 61.4 Å². The van der Waals surface area contributed by atoms with Crippen LogP contribution in [0.2, 0.25) is 0 Å². The SMILES string of the molecule is COP1(N2CC2)=NP(N2CC2)(N2CC2)=NP(N2CC2)(N2CC2)=N1. The van der Waals surface area contributed by atoms with E-state index in [0.717, 1.165) is 65.4 Å². The van der Waals surface area contributed by atoms with Gasteiger partial charge < -0.3 is 4.52 Å². The summed E-state index contributed by atoms with van der Waals surface area (Å²) in [6.07, 6.45) is 0. The maximum atomic E-state index is 6.12. The number of rotatable bonds is 6. The fourth-order valence-corrected chi connectivity index (χ4v) is 17.6. The van der Waals surface area contributed by atoms with Crippen molar-refractivity contribution in [2.24, 2.45) is 13.5 Å². The van der Waals surface area contributed by atoms with Gasteiger partial charge in [0, 0.05) is 72.6 Å². The van der Waals surface area contributed by atoms with E-state index in [2.05, 4.69) is 23.4 Å². The van der Waals surface area contributed by atoms with Crippen molar-refractivity contribution in [3.8, 4) is 0 Å². The fraction of sp³-hybridized carbons (Fsp3) is 1.00. The Morgan fingerprint density at radius 3 is 1.30 bits per heavy atom. The van der Waals surface area contributed by atoms with Crippen LogP contribution < -0.4 is 0 Å². The summed E-state index contributed by atoms with van der Waals surface area (Å²) in [7, 11) is -4.27. The Morgan fingerprint density at radius 1 is 0.565 bits per heavy atom. The molecule has 0 saturated carbocycles. The van der Waals surface area contributed by atoms with Crippen molar-refractivity contribution < 1.29 is 4.52 Å². The largest absolute Gasteiger partial charge is 0.319 e. The van der Waals surface area contributed by atoms with Gasteiger partial charge in [-0.25, -0.2) is 23.4 Å². The molecule has 6 aliphatic heterocycles. The van der Waals surface area contributed by atoms with Crippen molar-refractivity contribution in [3.05, 3.63) is 0 Å². The van der Waals surface area contributed by atoms with Gasteiger partial charge in [0.25, 0.3) is 7.58 Å². The minimum atomic E-state index is -2.21. The average molecular weight is 376 g/mol. The Labute approximate surface area is 137 Å². The van der Waals surface area contributed by atoms with E-state index >= 15 is 0 Å². The van der Waals surface area contributed by atoms with Gasteiger partial charge in [0.15, 0.2) is 0 Å². The summed E-state index contributed by atoms with van der Waals surface area (Å²) in [5.74, 6) is 0. The predicted octanol–water partition coefficient (Wildman–Crippen LogP) is 2.06. The zero-order valence-corrected chi connectivity index (χ0v) is 16.1. The first-order chi connectivity index (χ1) is 11.2. The lowest BCUT2D eigenvalue weighted by Gasteiger charge is -2.37. The molecule has 128 valence electrons. The molecule has 5 fully saturated rings. The van der Waals surface area contributed by atoms with Crippen LogP contribution in [0.25, 0.3) is 0 Å². The molecule has 6 aliphatic rings. The number of hydrogen-bond acceptors (Lipinski definition) is 9. The van der Waals surface area contributed by atoms with E-state index in [1.807, 2.05) is 7.11 Å². The van der Waals surface area contributed by atoms with Crippen LogP contribution in [0.4, 0.5) is 0 Å². The normalized spacial score (nSPS) is 41.6. The molecule has 0 amide bonds. The molecule has 0 bridgehead atoms. The Balaban J connectivity index is 1.65. The highest BCUT2D eigenvalue weighted by molar-refractivity contribution is 7.82. The quantitative estimate of drug-likeness (QED) is 0.523. The molecule has 12 heteroatoms. The standard InChI is InChI=1S/C11H23N8OP3/c1-20-23(19-10-11-19)13-21(15-2-3-15,16-4-5-16)12-22(14-23,17-6-7-17)18-8-9-18/h2-11H2,1H3. The van der Waals surface area contributed by atoms with Crippen molar-refractivity contribution in [3.63, 3.8) is 0 Å². The van der Waals surface area contributed by atoms with Crippen LogP contribution in [0.3, 0.4) is 0 Å². The summed E-state index contributed by atoms with van der Waals surface area (Å²) in [5, 5.41) is 0. The third-order valence-corrected chi connectivity index (χ3v) is 16.9. The molecule has 1 unspecified atom stereocenters. The van der Waals surface area contributed by atoms with Crippen molar-refractivity contribution >= 4 is 22.6 Å². The van der Waals surface area contributed by atoms with Crippen LogP contribution >= 0.6 is 22.6 Å². The third-order valence-electron chi connectivity index (χ3n) is 4.96. The average Bonchev–Trinajstić information content (AvgIpc) is 3.44. The molecule has 0 aromatic heterocycles. The molecule has 5 saturated heterocycles. The summed E-state index contributed by atoms with van der Waals surface area (Å²) in [5.41, 5.74) is 0. The van der Waals surface area contributed by atoms with Crippen LogP contribution in [-0.2, 0) is 4.52 Å². The molecule has 0 radical (unpaired) electrons. The Hall–Kier alpha value is 0.450. The molecule has 0 aromatic carbocycles. The number of hydrogen-bond donors (Lipinski definition) is 0. The van der Waals surface area contributed by atoms with Crippen molar-refractivity contribution in [2.75, 3.05) is 72.6 Å². The van der Waals surface area contributed by atoms with E-state index in [-0.39, 0.29) is 0 Å². The van der Waals surface area contributed by atoms with Gasteiger partial charge in [0.1, 0.15) is 0 Å². The van der Waals surface area contributed by atoms with Crippen LogP contribution in [-0.4, -0.2) is 95.9 Å². The zero-order chi connectivity index (χ0) is 15.3. The first-order valence-electron chi connectivity index (χ1n) is 8.45. The van der Waals surface area contributed by atoms with Gasteiger partial charge in [-0.1, -0.05) is 0 Å². The van der Waals surface area contributed by atoms with Gasteiger partial charge in [0.05, 0.1) is 0 Å². The van der Waals surface area contributed by atoms with Crippen LogP contribution in [0.1, 0.15) is 0 Å². The summed E-state index contributed by atoms with van der Waals surface area (Å²) >= 11 is 0. The molecule has 23 heavy (non-hydrogen) atoms. The van der Waals surface area contributed by atoms with E-state index in [1.54, 1.807) is 0 Å². The van der Waals surface area contributed by atoms with E-state index in [1.165, 1.54) is 0 Å². The van der Waals surface area contributed by atoms with Gasteiger partial charge in [-0.3, -0.25) is 0 Å². The van der Waals surface area contributed by atoms with Gasteiger partial charge in [-0.2, -0.15) is 13.5 Å². The molecule has 6 heterocycles.